The summed E-state index contributed by atoms with van der Waals surface area (Å²) in [4.78, 5) is 19.2. The number of aryl methyl sites for hydroxylation is 1. The van der Waals surface area contributed by atoms with E-state index in [9.17, 15) is 4.79 Å². The Labute approximate surface area is 108 Å². The number of rotatable bonds is 8. The quantitative estimate of drug-likeness (QED) is 0.524. The van der Waals surface area contributed by atoms with E-state index in [1.807, 2.05) is 6.92 Å². The maximum Gasteiger partial charge on any atom is 0.316 e. The lowest BCUT2D eigenvalue weighted by Gasteiger charge is -2.03. The minimum Gasteiger partial charge on any atom is -0.467 e. The third kappa shape index (κ3) is 5.61. The van der Waals surface area contributed by atoms with Gasteiger partial charge < -0.3 is 9.47 Å². The first-order chi connectivity index (χ1) is 8.76. The number of carbonyl (C=O) groups is 1. The Bertz CT molecular complexity index is 352. The van der Waals surface area contributed by atoms with Gasteiger partial charge in [0, 0.05) is 18.8 Å². The minimum absolute atomic E-state index is 0.106. The van der Waals surface area contributed by atoms with Crippen LogP contribution in [0.2, 0.25) is 0 Å². The Morgan fingerprint density at radius 1 is 1.22 bits per heavy atom. The average Bonchev–Trinajstić information content (AvgIpc) is 2.39. The van der Waals surface area contributed by atoms with Crippen LogP contribution in [0.5, 0.6) is 6.01 Å². The zero-order valence-corrected chi connectivity index (χ0v) is 11.0. The lowest BCUT2D eigenvalue weighted by atomic mass is 10.1. The van der Waals surface area contributed by atoms with E-state index in [0.29, 0.717) is 19.0 Å². The molecule has 1 aromatic heterocycles. The molecule has 0 N–H and O–H groups in total. The summed E-state index contributed by atoms with van der Waals surface area (Å²) >= 11 is 0. The van der Waals surface area contributed by atoms with Crippen LogP contribution < -0.4 is 4.74 Å². The predicted molar refractivity (Wildman–Crippen MR) is 67.4 cm³/mol. The summed E-state index contributed by atoms with van der Waals surface area (Å²) in [6.07, 6.45) is 7.88. The lowest BCUT2D eigenvalue weighted by molar-refractivity contribution is -0.143. The molecule has 0 aromatic carbocycles. The smallest absolute Gasteiger partial charge is 0.316 e. The number of aromatic nitrogens is 2. The molecule has 0 saturated carbocycles. The molecule has 0 atom stereocenters. The number of esters is 1. The first-order valence-corrected chi connectivity index (χ1v) is 6.26. The van der Waals surface area contributed by atoms with Crippen LogP contribution in [0.15, 0.2) is 12.4 Å². The lowest BCUT2D eigenvalue weighted by Crippen LogP contribution is -2.03. The zero-order valence-electron chi connectivity index (χ0n) is 11.0. The van der Waals surface area contributed by atoms with Crippen molar-refractivity contribution >= 4 is 5.97 Å². The molecule has 0 saturated heterocycles. The van der Waals surface area contributed by atoms with Gasteiger partial charge in [-0.1, -0.05) is 6.42 Å². The van der Waals surface area contributed by atoms with E-state index in [2.05, 4.69) is 9.97 Å². The molecule has 0 unspecified atom stereocenters. The van der Waals surface area contributed by atoms with Gasteiger partial charge in [0.25, 0.3) is 0 Å². The van der Waals surface area contributed by atoms with Crippen molar-refractivity contribution in [1.82, 2.24) is 9.97 Å². The van der Waals surface area contributed by atoms with Crippen molar-refractivity contribution in [1.29, 1.82) is 0 Å². The summed E-state index contributed by atoms with van der Waals surface area (Å²) in [6.45, 7) is 2.28. The molecule has 0 aliphatic rings. The molecule has 1 rings (SSSR count). The first kappa shape index (κ1) is 14.4. The molecule has 0 aliphatic heterocycles. The largest absolute Gasteiger partial charge is 0.467 e. The van der Waals surface area contributed by atoms with Gasteiger partial charge in [-0.15, -0.1) is 0 Å². The molecule has 5 nitrogen and oxygen atoms in total. The normalized spacial score (nSPS) is 10.1. The van der Waals surface area contributed by atoms with Crippen LogP contribution in [-0.2, 0) is 16.0 Å². The van der Waals surface area contributed by atoms with Crippen molar-refractivity contribution in [3.05, 3.63) is 18.0 Å². The highest BCUT2D eigenvalue weighted by Gasteiger charge is 2.01. The molecule has 0 bridgehead atoms. The first-order valence-electron chi connectivity index (χ1n) is 6.26. The summed E-state index contributed by atoms with van der Waals surface area (Å²) in [5, 5.41) is 0. The molecule has 0 radical (unpaired) electrons. The predicted octanol–water partition coefficient (Wildman–Crippen LogP) is 2.15. The van der Waals surface area contributed by atoms with Crippen molar-refractivity contribution in [2.45, 2.75) is 39.0 Å². The van der Waals surface area contributed by atoms with E-state index < -0.39 is 0 Å². The Morgan fingerprint density at radius 2 is 1.94 bits per heavy atom. The fourth-order valence-electron chi connectivity index (χ4n) is 1.59. The number of carbonyl (C=O) groups excluding carboxylic acids is 1. The Balaban J connectivity index is 2.12. The molecular weight excluding hydrogens is 232 g/mol. The van der Waals surface area contributed by atoms with Crippen molar-refractivity contribution in [2.24, 2.45) is 0 Å². The third-order valence-electron chi connectivity index (χ3n) is 2.52. The van der Waals surface area contributed by atoms with Gasteiger partial charge in [0.1, 0.15) is 0 Å². The summed E-state index contributed by atoms with van der Waals surface area (Å²) in [6, 6.07) is 0.390. The molecule has 0 fully saturated rings. The van der Waals surface area contributed by atoms with Gasteiger partial charge in [-0.3, -0.25) is 4.79 Å². The third-order valence-corrected chi connectivity index (χ3v) is 2.52. The summed E-state index contributed by atoms with van der Waals surface area (Å²) in [7, 11) is 1.55. The average molecular weight is 252 g/mol. The standard InChI is InChI=1S/C13H20N2O3/c1-3-18-12(16)8-6-4-5-7-11-9-14-13(17-2)15-10-11/h9-10H,3-8H2,1-2H3. The van der Waals surface area contributed by atoms with E-state index in [4.69, 9.17) is 9.47 Å². The summed E-state index contributed by atoms with van der Waals surface area (Å²) < 4.78 is 9.75. The highest BCUT2D eigenvalue weighted by Crippen LogP contribution is 2.08. The van der Waals surface area contributed by atoms with E-state index >= 15 is 0 Å². The van der Waals surface area contributed by atoms with Crippen molar-refractivity contribution in [2.75, 3.05) is 13.7 Å². The monoisotopic (exact) mass is 252 g/mol. The molecule has 0 spiro atoms. The SMILES string of the molecule is CCOC(=O)CCCCCc1cnc(OC)nc1. The molecule has 18 heavy (non-hydrogen) atoms. The molecule has 0 amide bonds. The highest BCUT2D eigenvalue weighted by molar-refractivity contribution is 5.69. The maximum atomic E-state index is 11.1. The van der Waals surface area contributed by atoms with Gasteiger partial charge in [-0.05, 0) is 31.7 Å². The van der Waals surface area contributed by atoms with Gasteiger partial charge in [-0.25, -0.2) is 9.97 Å². The number of hydrogen-bond acceptors (Lipinski definition) is 5. The summed E-state index contributed by atoms with van der Waals surface area (Å²) in [5.74, 6) is -0.106. The molecular formula is C13H20N2O3. The Morgan fingerprint density at radius 3 is 2.56 bits per heavy atom. The van der Waals surface area contributed by atoms with Gasteiger partial charge in [0.15, 0.2) is 0 Å². The highest BCUT2D eigenvalue weighted by atomic mass is 16.5. The van der Waals surface area contributed by atoms with Gasteiger partial charge in [0.05, 0.1) is 13.7 Å². The summed E-state index contributed by atoms with van der Waals surface area (Å²) in [5.41, 5.74) is 1.09. The second kappa shape index (κ2) is 8.44. The van der Waals surface area contributed by atoms with Crippen molar-refractivity contribution in [3.8, 4) is 6.01 Å². The van der Waals surface area contributed by atoms with Crippen molar-refractivity contribution < 1.29 is 14.3 Å². The number of ether oxygens (including phenoxy) is 2. The molecule has 0 aliphatic carbocycles. The molecule has 1 heterocycles. The zero-order chi connectivity index (χ0) is 13.2. The topological polar surface area (TPSA) is 61.3 Å². The van der Waals surface area contributed by atoms with Crippen LogP contribution in [0.1, 0.15) is 38.2 Å². The second-order valence-electron chi connectivity index (χ2n) is 3.94. The molecule has 100 valence electrons. The second-order valence-corrected chi connectivity index (χ2v) is 3.94. The van der Waals surface area contributed by atoms with E-state index in [0.717, 1.165) is 31.2 Å². The number of nitrogens with zero attached hydrogens (tertiary/aromatic N) is 2. The fraction of sp³-hybridized carbons (Fsp3) is 0.615. The Kier molecular flexibility index (Phi) is 6.76. The van der Waals surface area contributed by atoms with Crippen LogP contribution in [0.3, 0.4) is 0 Å². The number of hydrogen-bond donors (Lipinski definition) is 0. The van der Waals surface area contributed by atoms with Crippen LogP contribution in [0, 0.1) is 0 Å². The van der Waals surface area contributed by atoms with Gasteiger partial charge in [0.2, 0.25) is 0 Å². The van der Waals surface area contributed by atoms with Crippen LogP contribution in [0.4, 0.5) is 0 Å². The van der Waals surface area contributed by atoms with E-state index in [-0.39, 0.29) is 5.97 Å². The number of methoxy groups -OCH3 is 1. The van der Waals surface area contributed by atoms with Crippen LogP contribution in [0.25, 0.3) is 0 Å². The van der Waals surface area contributed by atoms with E-state index in [1.54, 1.807) is 19.5 Å². The molecule has 5 heteroatoms. The van der Waals surface area contributed by atoms with Gasteiger partial charge in [-0.2, -0.15) is 0 Å². The van der Waals surface area contributed by atoms with Crippen LogP contribution >= 0.6 is 0 Å². The fourth-order valence-corrected chi connectivity index (χ4v) is 1.59. The Hall–Kier alpha value is -1.65. The minimum atomic E-state index is -0.106. The molecule has 1 aromatic rings. The number of unbranched alkanes of at least 4 members (excludes halogenated alkanes) is 2. The van der Waals surface area contributed by atoms with Crippen LogP contribution in [-0.4, -0.2) is 29.7 Å². The van der Waals surface area contributed by atoms with Crippen molar-refractivity contribution in [3.63, 3.8) is 0 Å². The van der Waals surface area contributed by atoms with Gasteiger partial charge >= 0.3 is 12.0 Å². The van der Waals surface area contributed by atoms with E-state index in [1.165, 1.54) is 0 Å². The maximum absolute atomic E-state index is 11.1.